The number of benzene rings is 2. The van der Waals surface area contributed by atoms with Crippen LogP contribution in [-0.4, -0.2) is 40.3 Å². The summed E-state index contributed by atoms with van der Waals surface area (Å²) in [5, 5.41) is 3.00. The summed E-state index contributed by atoms with van der Waals surface area (Å²) in [7, 11) is 4.68. The summed E-state index contributed by atoms with van der Waals surface area (Å²) < 4.78 is 16.2. The fraction of sp³-hybridized carbons (Fsp3) is 0.348. The molecule has 0 bridgehead atoms. The summed E-state index contributed by atoms with van der Waals surface area (Å²) in [4.78, 5) is 14.9. The first kappa shape index (κ1) is 20.6. The van der Waals surface area contributed by atoms with Gasteiger partial charge in [-0.05, 0) is 49.6 Å². The van der Waals surface area contributed by atoms with Gasteiger partial charge in [-0.1, -0.05) is 12.1 Å². The Hall–Kier alpha value is -3.15. The molecule has 1 fully saturated rings. The first-order valence-electron chi connectivity index (χ1n) is 9.80. The second kappa shape index (κ2) is 9.87. The number of ether oxygens (including phenoxy) is 3. The third-order valence-corrected chi connectivity index (χ3v) is 5.01. The third-order valence-electron chi connectivity index (χ3n) is 5.01. The van der Waals surface area contributed by atoms with Crippen LogP contribution in [0.2, 0.25) is 0 Å². The minimum atomic E-state index is -0.203. The minimum absolute atomic E-state index is 0.203. The molecule has 2 aromatic carbocycles. The fourth-order valence-electron chi connectivity index (χ4n) is 3.59. The summed E-state index contributed by atoms with van der Waals surface area (Å²) >= 11 is 0. The Morgan fingerprint density at radius 1 is 0.931 bits per heavy atom. The lowest BCUT2D eigenvalue weighted by atomic mass is 10.1. The largest absolute Gasteiger partial charge is 0.493 e. The number of hydrogen-bond donors (Lipinski definition) is 1. The van der Waals surface area contributed by atoms with E-state index in [2.05, 4.69) is 16.3 Å². The van der Waals surface area contributed by atoms with Gasteiger partial charge in [-0.15, -0.1) is 0 Å². The van der Waals surface area contributed by atoms with Crippen LogP contribution in [0.25, 0.3) is 6.08 Å². The molecular formula is C23H28N2O4. The Bertz CT molecular complexity index is 873. The molecule has 3 rings (SSSR count). The number of methoxy groups -OCH3 is 3. The Morgan fingerprint density at radius 3 is 2.34 bits per heavy atom. The molecule has 154 valence electrons. The van der Waals surface area contributed by atoms with Crippen LogP contribution in [0.15, 0.2) is 42.5 Å². The molecular weight excluding hydrogens is 368 g/mol. The van der Waals surface area contributed by atoms with Gasteiger partial charge in [-0.25, -0.2) is 0 Å². The number of para-hydroxylation sites is 2. The average Bonchev–Trinajstić information content (AvgIpc) is 2.77. The molecule has 6 heteroatoms. The average molecular weight is 396 g/mol. The molecule has 1 amide bonds. The van der Waals surface area contributed by atoms with Gasteiger partial charge in [-0.3, -0.25) is 4.79 Å². The number of carbonyl (C=O) groups is 1. The van der Waals surface area contributed by atoms with Crippen molar-refractivity contribution >= 4 is 23.4 Å². The number of hydrogen-bond acceptors (Lipinski definition) is 5. The van der Waals surface area contributed by atoms with E-state index in [4.69, 9.17) is 14.2 Å². The van der Waals surface area contributed by atoms with Gasteiger partial charge in [0.1, 0.15) is 0 Å². The van der Waals surface area contributed by atoms with E-state index in [0.29, 0.717) is 17.2 Å². The van der Waals surface area contributed by atoms with Crippen LogP contribution in [0.4, 0.5) is 11.4 Å². The Kier molecular flexibility index (Phi) is 7.00. The van der Waals surface area contributed by atoms with Crippen molar-refractivity contribution in [2.24, 2.45) is 0 Å². The topological polar surface area (TPSA) is 60.0 Å². The molecule has 2 aromatic rings. The van der Waals surface area contributed by atoms with Crippen molar-refractivity contribution in [2.75, 3.05) is 44.6 Å². The molecule has 29 heavy (non-hydrogen) atoms. The van der Waals surface area contributed by atoms with E-state index in [1.165, 1.54) is 25.3 Å². The zero-order valence-corrected chi connectivity index (χ0v) is 17.2. The maximum Gasteiger partial charge on any atom is 0.248 e. The summed E-state index contributed by atoms with van der Waals surface area (Å²) in [5.41, 5.74) is 2.62. The number of nitrogens with zero attached hydrogens (tertiary/aromatic N) is 1. The molecule has 1 N–H and O–H groups in total. The molecule has 0 aliphatic carbocycles. The molecule has 1 aliphatic rings. The number of nitrogens with one attached hydrogen (secondary N) is 1. The van der Waals surface area contributed by atoms with E-state index in [0.717, 1.165) is 30.0 Å². The van der Waals surface area contributed by atoms with Gasteiger partial charge in [0.25, 0.3) is 0 Å². The van der Waals surface area contributed by atoms with Crippen molar-refractivity contribution in [2.45, 2.75) is 19.3 Å². The molecule has 0 saturated carbocycles. The Morgan fingerprint density at radius 2 is 1.66 bits per heavy atom. The van der Waals surface area contributed by atoms with Crippen molar-refractivity contribution in [3.05, 3.63) is 48.0 Å². The van der Waals surface area contributed by atoms with Gasteiger partial charge in [0.2, 0.25) is 11.7 Å². The Balaban J connectivity index is 1.77. The molecule has 0 unspecified atom stereocenters. The Labute approximate surface area is 172 Å². The highest BCUT2D eigenvalue weighted by molar-refractivity contribution is 6.04. The van der Waals surface area contributed by atoms with Crippen LogP contribution in [0.1, 0.15) is 24.8 Å². The first-order valence-corrected chi connectivity index (χ1v) is 9.80. The lowest BCUT2D eigenvalue weighted by molar-refractivity contribution is -0.111. The minimum Gasteiger partial charge on any atom is -0.493 e. The zero-order valence-electron chi connectivity index (χ0n) is 17.2. The predicted octanol–water partition coefficient (Wildman–Crippen LogP) is 4.35. The number of piperidine rings is 1. The second-order valence-corrected chi connectivity index (χ2v) is 6.81. The number of carbonyl (C=O) groups excluding carboxylic acids is 1. The summed E-state index contributed by atoms with van der Waals surface area (Å²) in [6.45, 7) is 2.04. The van der Waals surface area contributed by atoms with Crippen LogP contribution in [0.3, 0.4) is 0 Å². The smallest absolute Gasteiger partial charge is 0.248 e. The highest BCUT2D eigenvalue weighted by atomic mass is 16.5. The molecule has 0 atom stereocenters. The van der Waals surface area contributed by atoms with Gasteiger partial charge in [0.15, 0.2) is 11.5 Å². The van der Waals surface area contributed by atoms with E-state index < -0.39 is 0 Å². The monoisotopic (exact) mass is 396 g/mol. The molecule has 0 spiro atoms. The molecule has 0 radical (unpaired) electrons. The van der Waals surface area contributed by atoms with Crippen molar-refractivity contribution < 1.29 is 19.0 Å². The van der Waals surface area contributed by atoms with Crippen molar-refractivity contribution in [1.82, 2.24) is 0 Å². The van der Waals surface area contributed by atoms with E-state index >= 15 is 0 Å². The predicted molar refractivity (Wildman–Crippen MR) is 116 cm³/mol. The van der Waals surface area contributed by atoms with Gasteiger partial charge in [0, 0.05) is 24.7 Å². The number of rotatable bonds is 7. The summed E-state index contributed by atoms with van der Waals surface area (Å²) in [6.07, 6.45) is 6.83. The number of amides is 1. The van der Waals surface area contributed by atoms with Gasteiger partial charge < -0.3 is 24.4 Å². The molecule has 1 heterocycles. The second-order valence-electron chi connectivity index (χ2n) is 6.81. The molecule has 1 aliphatic heterocycles. The van der Waals surface area contributed by atoms with Crippen molar-refractivity contribution in [1.29, 1.82) is 0 Å². The fourth-order valence-corrected chi connectivity index (χ4v) is 3.59. The molecule has 0 aromatic heterocycles. The van der Waals surface area contributed by atoms with Crippen LogP contribution in [0.5, 0.6) is 17.2 Å². The van der Waals surface area contributed by atoms with Gasteiger partial charge in [0.05, 0.1) is 32.7 Å². The molecule has 6 nitrogen and oxygen atoms in total. The van der Waals surface area contributed by atoms with E-state index in [1.807, 2.05) is 24.3 Å². The molecule has 1 saturated heterocycles. The zero-order chi connectivity index (χ0) is 20.6. The van der Waals surface area contributed by atoms with Crippen molar-refractivity contribution in [3.8, 4) is 17.2 Å². The van der Waals surface area contributed by atoms with E-state index in [-0.39, 0.29) is 5.91 Å². The quantitative estimate of drug-likeness (QED) is 0.705. The van der Waals surface area contributed by atoms with Crippen LogP contribution >= 0.6 is 0 Å². The maximum atomic E-state index is 12.6. The van der Waals surface area contributed by atoms with Gasteiger partial charge in [-0.2, -0.15) is 0 Å². The van der Waals surface area contributed by atoms with Crippen LogP contribution < -0.4 is 24.4 Å². The van der Waals surface area contributed by atoms with Crippen molar-refractivity contribution in [3.63, 3.8) is 0 Å². The highest BCUT2D eigenvalue weighted by Crippen LogP contribution is 2.40. The van der Waals surface area contributed by atoms with Crippen LogP contribution in [-0.2, 0) is 4.79 Å². The lowest BCUT2D eigenvalue weighted by Gasteiger charge is -2.30. The SMILES string of the molecule is COc1ccc(/C=C/C(=O)Nc2ccccc2N2CCCCC2)c(OC)c1OC. The van der Waals surface area contributed by atoms with Gasteiger partial charge >= 0.3 is 0 Å². The third kappa shape index (κ3) is 4.83. The van der Waals surface area contributed by atoms with E-state index in [1.54, 1.807) is 33.5 Å². The summed E-state index contributed by atoms with van der Waals surface area (Å²) in [5.74, 6) is 1.38. The maximum absolute atomic E-state index is 12.6. The highest BCUT2D eigenvalue weighted by Gasteiger charge is 2.16. The first-order chi connectivity index (χ1) is 14.2. The van der Waals surface area contributed by atoms with E-state index in [9.17, 15) is 4.79 Å². The lowest BCUT2D eigenvalue weighted by Crippen LogP contribution is -2.30. The van der Waals surface area contributed by atoms with Crippen LogP contribution in [0, 0.1) is 0 Å². The normalized spacial score (nSPS) is 14.0. The number of anilines is 2. The summed E-state index contributed by atoms with van der Waals surface area (Å²) in [6, 6.07) is 11.5. The standard InChI is InChI=1S/C23H28N2O4/c1-27-20-13-11-17(22(28-2)23(20)29-3)12-14-21(26)24-18-9-5-6-10-19(18)25-15-7-4-8-16-25/h5-6,9-14H,4,7-8,15-16H2,1-3H3,(H,24,26)/b14-12+.